The lowest BCUT2D eigenvalue weighted by Gasteiger charge is -2.47. The standard InChI is InChI=1S/C20H21FN6O4/c21-12-1-3-13(4-2-12)24-19-15(18(23)28)8-27(25-19)16-5-6-26(20(29)30)17(14(16)7-22)11-9-31-10-11/h1-4,8,11,14,16-17H,5-6,9-10H2,(H2,23,28)(H,24,25)(H,29,30)/t14-,16+,17?/m0/s1. The van der Waals surface area contributed by atoms with E-state index in [1.54, 1.807) is 0 Å². The SMILES string of the molecule is N#C[C@@H]1C(C2COC2)N(C(=O)O)CC[C@H]1n1cc(C(N)=O)c(Nc2ccc(F)cc2)n1. The van der Waals surface area contributed by atoms with E-state index in [2.05, 4.69) is 16.5 Å². The van der Waals surface area contributed by atoms with Gasteiger partial charge in [-0.25, -0.2) is 9.18 Å². The zero-order valence-electron chi connectivity index (χ0n) is 16.4. The summed E-state index contributed by atoms with van der Waals surface area (Å²) in [6.07, 6.45) is 0.742. The molecule has 162 valence electrons. The Morgan fingerprint density at radius 2 is 2.03 bits per heavy atom. The Morgan fingerprint density at radius 3 is 2.58 bits per heavy atom. The van der Waals surface area contributed by atoms with Crippen molar-refractivity contribution in [2.24, 2.45) is 17.6 Å². The van der Waals surface area contributed by atoms with Crippen LogP contribution in [0.4, 0.5) is 20.7 Å². The number of primary amides is 1. The molecule has 2 saturated heterocycles. The van der Waals surface area contributed by atoms with Gasteiger partial charge in [-0.15, -0.1) is 0 Å². The Hall–Kier alpha value is -3.65. The highest BCUT2D eigenvalue weighted by Crippen LogP contribution is 2.39. The van der Waals surface area contributed by atoms with Gasteiger partial charge in [-0.3, -0.25) is 9.48 Å². The number of likely N-dealkylation sites (tertiary alicyclic amines) is 1. The lowest BCUT2D eigenvalue weighted by Crippen LogP contribution is -2.58. The van der Waals surface area contributed by atoms with Crippen molar-refractivity contribution in [2.75, 3.05) is 25.1 Å². The molecule has 1 aromatic heterocycles. The van der Waals surface area contributed by atoms with Crippen LogP contribution < -0.4 is 11.1 Å². The zero-order chi connectivity index (χ0) is 22.1. The lowest BCUT2D eigenvalue weighted by atomic mass is 9.78. The van der Waals surface area contributed by atoms with Gasteiger partial charge in [0.05, 0.1) is 37.3 Å². The molecular formula is C20H21FN6O4. The summed E-state index contributed by atoms with van der Waals surface area (Å²) in [5, 5.41) is 26.9. The molecule has 0 aliphatic carbocycles. The van der Waals surface area contributed by atoms with E-state index in [0.29, 0.717) is 25.3 Å². The predicted octanol–water partition coefficient (Wildman–Crippen LogP) is 1.94. The van der Waals surface area contributed by atoms with Crippen LogP contribution in [0, 0.1) is 29.0 Å². The number of carbonyl (C=O) groups excluding carboxylic acids is 1. The van der Waals surface area contributed by atoms with E-state index in [4.69, 9.17) is 10.5 Å². The van der Waals surface area contributed by atoms with Crippen LogP contribution in [0.25, 0.3) is 0 Å². The molecule has 11 heteroatoms. The summed E-state index contributed by atoms with van der Waals surface area (Å²) in [6.45, 7) is 1.01. The second-order valence-electron chi connectivity index (χ2n) is 7.64. The summed E-state index contributed by atoms with van der Waals surface area (Å²) in [6, 6.07) is 6.78. The number of nitrogens with zero attached hydrogens (tertiary/aromatic N) is 4. The molecule has 3 heterocycles. The number of halogens is 1. The van der Waals surface area contributed by atoms with E-state index < -0.39 is 35.8 Å². The summed E-state index contributed by atoms with van der Waals surface area (Å²) >= 11 is 0. The second-order valence-corrected chi connectivity index (χ2v) is 7.64. The van der Waals surface area contributed by atoms with Crippen molar-refractivity contribution in [2.45, 2.75) is 18.5 Å². The van der Waals surface area contributed by atoms with Crippen LogP contribution in [0.3, 0.4) is 0 Å². The van der Waals surface area contributed by atoms with Crippen molar-refractivity contribution in [1.82, 2.24) is 14.7 Å². The molecule has 1 aromatic carbocycles. The van der Waals surface area contributed by atoms with E-state index in [9.17, 15) is 24.3 Å². The number of ether oxygens (including phenoxy) is 1. The number of nitrogens with two attached hydrogens (primary N) is 1. The largest absolute Gasteiger partial charge is 0.465 e. The van der Waals surface area contributed by atoms with Gasteiger partial charge in [0.15, 0.2) is 5.82 Å². The Labute approximate surface area is 177 Å². The molecule has 2 aliphatic rings. The van der Waals surface area contributed by atoms with Gasteiger partial charge in [0, 0.05) is 24.3 Å². The van der Waals surface area contributed by atoms with Crippen LogP contribution in [0.5, 0.6) is 0 Å². The topological polar surface area (TPSA) is 146 Å². The average Bonchev–Trinajstić information content (AvgIpc) is 3.11. The molecule has 10 nitrogen and oxygen atoms in total. The molecule has 2 aromatic rings. The van der Waals surface area contributed by atoms with Crippen LogP contribution >= 0.6 is 0 Å². The molecule has 0 bridgehead atoms. The molecule has 3 atom stereocenters. The summed E-state index contributed by atoms with van der Waals surface area (Å²) in [5.74, 6) is -1.69. The lowest BCUT2D eigenvalue weighted by molar-refractivity contribution is -0.0923. The van der Waals surface area contributed by atoms with Crippen LogP contribution in [-0.2, 0) is 4.74 Å². The Morgan fingerprint density at radius 1 is 1.32 bits per heavy atom. The first kappa shape index (κ1) is 20.6. The molecule has 4 rings (SSSR count). The van der Waals surface area contributed by atoms with Crippen molar-refractivity contribution < 1.29 is 23.8 Å². The molecule has 0 spiro atoms. The zero-order valence-corrected chi connectivity index (χ0v) is 16.4. The number of carboxylic acid groups (broad SMARTS) is 1. The third kappa shape index (κ3) is 3.89. The van der Waals surface area contributed by atoms with Crippen LogP contribution in [0.15, 0.2) is 30.5 Å². The van der Waals surface area contributed by atoms with Crippen LogP contribution in [0.2, 0.25) is 0 Å². The monoisotopic (exact) mass is 428 g/mol. The van der Waals surface area contributed by atoms with Crippen molar-refractivity contribution in [1.29, 1.82) is 5.26 Å². The van der Waals surface area contributed by atoms with E-state index in [0.717, 1.165) is 0 Å². The number of amides is 2. The number of anilines is 2. The third-order valence-electron chi connectivity index (χ3n) is 5.79. The third-order valence-corrected chi connectivity index (χ3v) is 5.79. The van der Waals surface area contributed by atoms with Gasteiger partial charge < -0.3 is 25.8 Å². The van der Waals surface area contributed by atoms with Gasteiger partial charge in [-0.1, -0.05) is 0 Å². The number of carbonyl (C=O) groups is 2. The molecule has 31 heavy (non-hydrogen) atoms. The first-order valence-corrected chi connectivity index (χ1v) is 9.77. The molecule has 2 fully saturated rings. The summed E-state index contributed by atoms with van der Waals surface area (Å²) < 4.78 is 19.9. The number of nitriles is 1. The number of nitrogens with one attached hydrogen (secondary N) is 1. The van der Waals surface area contributed by atoms with Gasteiger partial charge in [-0.05, 0) is 30.7 Å². The summed E-state index contributed by atoms with van der Waals surface area (Å²) in [4.78, 5) is 25.0. The number of hydrogen-bond acceptors (Lipinski definition) is 6. The van der Waals surface area contributed by atoms with E-state index in [1.807, 2.05) is 0 Å². The predicted molar refractivity (Wildman–Crippen MR) is 106 cm³/mol. The maximum absolute atomic E-state index is 13.2. The smallest absolute Gasteiger partial charge is 0.407 e. The minimum atomic E-state index is -1.08. The van der Waals surface area contributed by atoms with Gasteiger partial charge in [0.25, 0.3) is 5.91 Å². The second kappa shape index (κ2) is 8.23. The first-order valence-electron chi connectivity index (χ1n) is 9.77. The van der Waals surface area contributed by atoms with Crippen molar-refractivity contribution in [3.63, 3.8) is 0 Å². The highest BCUT2D eigenvalue weighted by Gasteiger charge is 2.47. The van der Waals surface area contributed by atoms with Crippen molar-refractivity contribution >= 4 is 23.5 Å². The summed E-state index contributed by atoms with van der Waals surface area (Å²) in [7, 11) is 0. The van der Waals surface area contributed by atoms with Crippen molar-refractivity contribution in [3.05, 3.63) is 41.8 Å². The fourth-order valence-corrected chi connectivity index (χ4v) is 4.21. The molecule has 2 amide bonds. The number of rotatable bonds is 5. The number of hydrogen-bond donors (Lipinski definition) is 3. The highest BCUT2D eigenvalue weighted by atomic mass is 19.1. The van der Waals surface area contributed by atoms with Crippen LogP contribution in [-0.4, -0.2) is 57.6 Å². The molecule has 4 N–H and O–H groups in total. The highest BCUT2D eigenvalue weighted by molar-refractivity contribution is 5.98. The number of aromatic nitrogens is 2. The van der Waals surface area contributed by atoms with Crippen LogP contribution in [0.1, 0.15) is 22.8 Å². The van der Waals surface area contributed by atoms with E-state index >= 15 is 0 Å². The fourth-order valence-electron chi connectivity index (χ4n) is 4.21. The minimum Gasteiger partial charge on any atom is -0.465 e. The first-order chi connectivity index (χ1) is 14.9. The van der Waals surface area contributed by atoms with Gasteiger partial charge in [0.2, 0.25) is 0 Å². The molecular weight excluding hydrogens is 407 g/mol. The van der Waals surface area contributed by atoms with E-state index in [-0.39, 0.29) is 23.8 Å². The Bertz CT molecular complexity index is 1030. The van der Waals surface area contributed by atoms with Crippen molar-refractivity contribution in [3.8, 4) is 6.07 Å². The number of piperidine rings is 1. The fraction of sp³-hybridized carbons (Fsp3) is 0.400. The molecule has 1 unspecified atom stereocenters. The quantitative estimate of drug-likeness (QED) is 0.659. The average molecular weight is 428 g/mol. The molecule has 2 aliphatic heterocycles. The number of benzene rings is 1. The Balaban J connectivity index is 1.66. The van der Waals surface area contributed by atoms with Gasteiger partial charge in [0.1, 0.15) is 11.4 Å². The maximum Gasteiger partial charge on any atom is 0.407 e. The van der Waals surface area contributed by atoms with Gasteiger partial charge >= 0.3 is 6.09 Å². The molecule has 0 saturated carbocycles. The summed E-state index contributed by atoms with van der Waals surface area (Å²) in [5.41, 5.74) is 6.14. The maximum atomic E-state index is 13.2. The molecule has 0 radical (unpaired) electrons. The minimum absolute atomic E-state index is 0.0773. The van der Waals surface area contributed by atoms with Gasteiger partial charge in [-0.2, -0.15) is 10.4 Å². The normalized spacial score (nSPS) is 23.6. The Kier molecular flexibility index (Phi) is 5.48. The van der Waals surface area contributed by atoms with E-state index in [1.165, 1.54) is 40.0 Å².